The Bertz CT molecular complexity index is 1870. The molecule has 0 saturated heterocycles. The van der Waals surface area contributed by atoms with Crippen LogP contribution >= 0.6 is 27.3 Å². The van der Waals surface area contributed by atoms with Crippen molar-refractivity contribution in [2.24, 2.45) is 0 Å². The number of hydrogen-bond acceptors (Lipinski definition) is 6. The van der Waals surface area contributed by atoms with Gasteiger partial charge in [-0.2, -0.15) is 14.6 Å². The van der Waals surface area contributed by atoms with Gasteiger partial charge in [0.1, 0.15) is 16.0 Å². The minimum absolute atomic E-state index is 0.121. The number of hydrogen-bond donors (Lipinski definition) is 0. The lowest BCUT2D eigenvalue weighted by atomic mass is 10.1. The van der Waals surface area contributed by atoms with Gasteiger partial charge in [-0.1, -0.05) is 69.7 Å². The van der Waals surface area contributed by atoms with Gasteiger partial charge < -0.3 is 4.90 Å². The molecule has 6 rings (SSSR count). The van der Waals surface area contributed by atoms with Crippen LogP contribution in [-0.4, -0.2) is 20.5 Å². The third kappa shape index (κ3) is 4.17. The van der Waals surface area contributed by atoms with E-state index in [9.17, 15) is 18.8 Å². The Morgan fingerprint density at radius 1 is 0.919 bits per heavy atom. The fraction of sp³-hybridized carbons (Fsp3) is 0.0741. The monoisotopic (exact) mass is 574 g/mol. The van der Waals surface area contributed by atoms with Gasteiger partial charge in [0.05, 0.1) is 17.8 Å². The highest BCUT2D eigenvalue weighted by atomic mass is 79.9. The zero-order chi connectivity index (χ0) is 25.7. The van der Waals surface area contributed by atoms with Crippen LogP contribution in [0.25, 0.3) is 10.5 Å². The lowest BCUT2D eigenvalue weighted by Crippen LogP contribution is -2.33. The standard InChI is InChI=1S/C27H16BrFN4O3S/c28-17-8-11-21-19(13-17)22(25(35)32(21)14-16-6-9-18(29)10-7-16)23-26(36)33-27(37-23)30-24(34)20(31-33)12-15-4-2-1-3-5-15/h1-11,13H,12,14H2/b23-22-. The molecule has 1 aliphatic heterocycles. The van der Waals surface area contributed by atoms with Crippen LogP contribution in [0.1, 0.15) is 22.4 Å². The largest absolute Gasteiger partial charge is 0.303 e. The summed E-state index contributed by atoms with van der Waals surface area (Å²) in [7, 11) is 0. The molecule has 0 radical (unpaired) electrons. The van der Waals surface area contributed by atoms with Gasteiger partial charge in [-0.15, -0.1) is 0 Å². The molecule has 3 heterocycles. The summed E-state index contributed by atoms with van der Waals surface area (Å²) in [6.07, 6.45) is 0.233. The summed E-state index contributed by atoms with van der Waals surface area (Å²) in [6.45, 7) is 0.200. The summed E-state index contributed by atoms with van der Waals surface area (Å²) in [6, 6.07) is 20.6. The third-order valence-corrected chi connectivity index (χ3v) is 7.62. The number of amides is 1. The quantitative estimate of drug-likeness (QED) is 0.328. The molecule has 7 nitrogen and oxygen atoms in total. The second-order valence-electron chi connectivity index (χ2n) is 8.51. The molecule has 1 amide bonds. The first kappa shape index (κ1) is 23.4. The summed E-state index contributed by atoms with van der Waals surface area (Å²) >= 11 is 4.41. The molecule has 0 unspecified atom stereocenters. The predicted octanol–water partition coefficient (Wildman–Crippen LogP) is 3.47. The van der Waals surface area contributed by atoms with Crippen molar-refractivity contribution in [3.05, 3.63) is 131 Å². The highest BCUT2D eigenvalue weighted by Crippen LogP contribution is 2.38. The summed E-state index contributed by atoms with van der Waals surface area (Å²) in [4.78, 5) is 45.6. The predicted molar refractivity (Wildman–Crippen MR) is 142 cm³/mol. The van der Waals surface area contributed by atoms with Crippen LogP contribution < -0.4 is 20.6 Å². The van der Waals surface area contributed by atoms with Crippen molar-refractivity contribution in [2.75, 3.05) is 4.90 Å². The maximum atomic E-state index is 13.7. The summed E-state index contributed by atoms with van der Waals surface area (Å²) in [5, 5.41) is 4.31. The molecule has 0 bridgehead atoms. The first-order valence-electron chi connectivity index (χ1n) is 11.3. The molecular weight excluding hydrogens is 559 g/mol. The van der Waals surface area contributed by atoms with E-state index in [0.29, 0.717) is 11.3 Å². The Morgan fingerprint density at radius 3 is 2.43 bits per heavy atom. The first-order chi connectivity index (χ1) is 17.9. The van der Waals surface area contributed by atoms with E-state index in [1.54, 1.807) is 29.2 Å². The number of benzene rings is 3. The summed E-state index contributed by atoms with van der Waals surface area (Å²) < 4.78 is 15.4. The van der Waals surface area contributed by atoms with Gasteiger partial charge in [-0.25, -0.2) is 4.39 Å². The Morgan fingerprint density at radius 2 is 1.68 bits per heavy atom. The number of anilines is 1. The number of halogens is 2. The lowest BCUT2D eigenvalue weighted by Gasteiger charge is -2.17. The smallest absolute Gasteiger partial charge is 0.296 e. The Labute approximate surface area is 221 Å². The van der Waals surface area contributed by atoms with Crippen molar-refractivity contribution in [2.45, 2.75) is 13.0 Å². The minimum Gasteiger partial charge on any atom is -0.303 e. The fourth-order valence-corrected chi connectivity index (χ4v) is 5.70. The summed E-state index contributed by atoms with van der Waals surface area (Å²) in [5.41, 5.74) is 2.16. The Kier molecular flexibility index (Phi) is 5.77. The van der Waals surface area contributed by atoms with Crippen molar-refractivity contribution >= 4 is 49.4 Å². The minimum atomic E-state index is -0.514. The second-order valence-corrected chi connectivity index (χ2v) is 10.4. The summed E-state index contributed by atoms with van der Waals surface area (Å²) in [5.74, 6) is -0.732. The zero-order valence-electron chi connectivity index (χ0n) is 19.0. The number of carbonyl (C=O) groups excluding carboxylic acids is 1. The second kappa shape index (κ2) is 9.13. The highest BCUT2D eigenvalue weighted by molar-refractivity contribution is 9.10. The average Bonchev–Trinajstić information content (AvgIpc) is 3.33. The van der Waals surface area contributed by atoms with E-state index < -0.39 is 11.1 Å². The molecule has 0 saturated carbocycles. The number of thiazole rings is 1. The molecule has 0 fully saturated rings. The van der Waals surface area contributed by atoms with Crippen molar-refractivity contribution in [1.82, 2.24) is 14.6 Å². The van der Waals surface area contributed by atoms with Gasteiger partial charge in [0.15, 0.2) is 0 Å². The maximum Gasteiger partial charge on any atom is 0.296 e. The van der Waals surface area contributed by atoms with Crippen LogP contribution in [-0.2, 0) is 17.8 Å². The van der Waals surface area contributed by atoms with Gasteiger partial charge in [0.25, 0.3) is 17.0 Å². The molecule has 0 atom stereocenters. The number of nitrogens with zero attached hydrogens (tertiary/aromatic N) is 4. The molecule has 10 heteroatoms. The first-order valence-corrected chi connectivity index (χ1v) is 12.9. The van der Waals surface area contributed by atoms with Crippen LogP contribution in [0.15, 0.2) is 86.9 Å². The van der Waals surface area contributed by atoms with E-state index in [-0.39, 0.29) is 45.5 Å². The highest BCUT2D eigenvalue weighted by Gasteiger charge is 2.34. The molecule has 2 aromatic heterocycles. The van der Waals surface area contributed by atoms with Crippen LogP contribution in [0.3, 0.4) is 0 Å². The molecule has 1 aliphatic rings. The fourth-order valence-electron chi connectivity index (χ4n) is 4.34. The van der Waals surface area contributed by atoms with E-state index in [1.165, 1.54) is 12.1 Å². The number of carbonyl (C=O) groups is 1. The van der Waals surface area contributed by atoms with Crippen LogP contribution in [0.2, 0.25) is 0 Å². The average molecular weight is 575 g/mol. The SMILES string of the molecule is O=C1/C(=c2\sc3nc(=O)c(Cc4ccccc4)nn3c2=O)c2cc(Br)ccc2N1Cc1ccc(F)cc1. The van der Waals surface area contributed by atoms with Crippen LogP contribution in [0.4, 0.5) is 10.1 Å². The van der Waals surface area contributed by atoms with Gasteiger partial charge in [0.2, 0.25) is 4.96 Å². The number of aromatic nitrogens is 3. The van der Waals surface area contributed by atoms with Crippen molar-refractivity contribution in [3.8, 4) is 0 Å². The van der Waals surface area contributed by atoms with Crippen LogP contribution in [0.5, 0.6) is 0 Å². The van der Waals surface area contributed by atoms with Crippen molar-refractivity contribution in [1.29, 1.82) is 0 Å². The van der Waals surface area contributed by atoms with E-state index in [1.807, 2.05) is 36.4 Å². The third-order valence-electron chi connectivity index (χ3n) is 6.10. The van der Waals surface area contributed by atoms with E-state index in [4.69, 9.17) is 0 Å². The van der Waals surface area contributed by atoms with Gasteiger partial charge >= 0.3 is 0 Å². The van der Waals surface area contributed by atoms with Gasteiger partial charge in [0, 0.05) is 16.5 Å². The van der Waals surface area contributed by atoms with Crippen LogP contribution in [0, 0.1) is 5.82 Å². The lowest BCUT2D eigenvalue weighted by molar-refractivity contribution is -0.113. The molecule has 3 aromatic carbocycles. The molecule has 0 aliphatic carbocycles. The Balaban J connectivity index is 1.51. The van der Waals surface area contributed by atoms with Crippen molar-refractivity contribution < 1.29 is 9.18 Å². The topological polar surface area (TPSA) is 84.6 Å². The Hall–Kier alpha value is -4.02. The molecule has 0 N–H and O–H groups in total. The van der Waals surface area contributed by atoms with E-state index in [0.717, 1.165) is 31.5 Å². The maximum absolute atomic E-state index is 13.7. The zero-order valence-corrected chi connectivity index (χ0v) is 21.4. The van der Waals surface area contributed by atoms with E-state index >= 15 is 0 Å². The normalized spacial score (nSPS) is 14.4. The molecular formula is C27H16BrFN4O3S. The molecule has 182 valence electrons. The number of rotatable bonds is 4. The molecule has 0 spiro atoms. The molecule has 37 heavy (non-hydrogen) atoms. The van der Waals surface area contributed by atoms with E-state index in [2.05, 4.69) is 26.0 Å². The van der Waals surface area contributed by atoms with Gasteiger partial charge in [-0.3, -0.25) is 14.4 Å². The van der Waals surface area contributed by atoms with Gasteiger partial charge in [-0.05, 0) is 41.5 Å². The number of fused-ring (bicyclic) bond motifs is 2. The van der Waals surface area contributed by atoms with Crippen molar-refractivity contribution in [3.63, 3.8) is 0 Å². The molecule has 5 aromatic rings.